The summed E-state index contributed by atoms with van der Waals surface area (Å²) in [6, 6.07) is 13.1. The van der Waals surface area contributed by atoms with Gasteiger partial charge in [-0.25, -0.2) is 0 Å². The zero-order chi connectivity index (χ0) is 20.7. The van der Waals surface area contributed by atoms with Crippen LogP contribution in [-0.4, -0.2) is 48.9 Å². The fraction of sp³-hybridized carbons (Fsp3) is 0.409. The maximum absolute atomic E-state index is 12.7. The number of amides is 2. The summed E-state index contributed by atoms with van der Waals surface area (Å²) in [5.41, 5.74) is 0.881. The molecule has 0 bridgehead atoms. The second kappa shape index (κ2) is 9.88. The molecule has 0 radical (unpaired) electrons. The number of carbonyl (C=O) groups excluding carboxylic acids is 3. The molecule has 0 fully saturated rings. The molecule has 0 spiro atoms. The van der Waals surface area contributed by atoms with Crippen LogP contribution in [0.3, 0.4) is 0 Å². The minimum atomic E-state index is -0.701. The molecule has 0 aliphatic heterocycles. The third kappa shape index (κ3) is 5.81. The molecule has 6 heteroatoms. The van der Waals surface area contributed by atoms with Gasteiger partial charge < -0.3 is 15.0 Å². The Morgan fingerprint density at radius 2 is 1.75 bits per heavy atom. The summed E-state index contributed by atoms with van der Waals surface area (Å²) in [4.78, 5) is 38.1. The van der Waals surface area contributed by atoms with Gasteiger partial charge in [0.15, 0.2) is 0 Å². The minimum Gasteiger partial charge on any atom is -0.465 e. The molecular formula is C22H28N2O4. The zero-order valence-electron chi connectivity index (χ0n) is 16.9. The Balaban J connectivity index is 2.02. The monoisotopic (exact) mass is 384 g/mol. The Morgan fingerprint density at radius 1 is 1.07 bits per heavy atom. The highest BCUT2D eigenvalue weighted by Gasteiger charge is 2.28. The predicted octanol–water partition coefficient (Wildman–Crippen LogP) is 2.54. The van der Waals surface area contributed by atoms with Crippen LogP contribution in [0.1, 0.15) is 26.3 Å². The van der Waals surface area contributed by atoms with Gasteiger partial charge in [0, 0.05) is 7.05 Å². The van der Waals surface area contributed by atoms with Gasteiger partial charge in [-0.1, -0.05) is 56.3 Å². The van der Waals surface area contributed by atoms with Crippen LogP contribution in [-0.2, 0) is 25.5 Å². The number of esters is 1. The summed E-state index contributed by atoms with van der Waals surface area (Å²) >= 11 is 0. The first-order valence-electron chi connectivity index (χ1n) is 9.49. The van der Waals surface area contributed by atoms with Gasteiger partial charge in [-0.05, 0) is 29.2 Å². The van der Waals surface area contributed by atoms with Crippen LogP contribution in [0.25, 0.3) is 10.8 Å². The number of nitrogens with one attached hydrogen (secondary N) is 1. The van der Waals surface area contributed by atoms with E-state index in [9.17, 15) is 14.4 Å². The van der Waals surface area contributed by atoms with E-state index in [4.69, 9.17) is 4.74 Å². The zero-order valence-corrected chi connectivity index (χ0v) is 16.9. The standard InChI is InChI=1S/C22H28N2O4/c1-5-28-20(26)14-24(4)22(27)21(15(2)3)23-19(25)13-16-10-11-17-8-6-7-9-18(17)12-16/h6-12,15,21H,5,13-14H2,1-4H3,(H,23,25). The lowest BCUT2D eigenvalue weighted by Gasteiger charge is -2.26. The topological polar surface area (TPSA) is 75.7 Å². The molecule has 0 aromatic heterocycles. The molecule has 150 valence electrons. The summed E-state index contributed by atoms with van der Waals surface area (Å²) in [6.45, 7) is 5.55. The van der Waals surface area contributed by atoms with Gasteiger partial charge in [-0.2, -0.15) is 0 Å². The fourth-order valence-electron chi connectivity index (χ4n) is 2.99. The van der Waals surface area contributed by atoms with Crippen LogP contribution in [0.2, 0.25) is 0 Å². The Hall–Kier alpha value is -2.89. The number of hydrogen-bond acceptors (Lipinski definition) is 4. The van der Waals surface area contributed by atoms with Crippen LogP contribution < -0.4 is 5.32 Å². The second-order valence-electron chi connectivity index (χ2n) is 7.15. The van der Waals surface area contributed by atoms with Crippen molar-refractivity contribution in [3.63, 3.8) is 0 Å². The molecule has 1 N–H and O–H groups in total. The molecular weight excluding hydrogens is 356 g/mol. The maximum atomic E-state index is 12.7. The number of fused-ring (bicyclic) bond motifs is 1. The second-order valence-corrected chi connectivity index (χ2v) is 7.15. The number of benzene rings is 2. The van der Waals surface area contributed by atoms with Crippen LogP contribution in [0.5, 0.6) is 0 Å². The van der Waals surface area contributed by atoms with Crippen molar-refractivity contribution in [1.29, 1.82) is 0 Å². The largest absolute Gasteiger partial charge is 0.465 e. The highest BCUT2D eigenvalue weighted by Crippen LogP contribution is 2.16. The molecule has 6 nitrogen and oxygen atoms in total. The molecule has 0 aliphatic carbocycles. The summed E-state index contributed by atoms with van der Waals surface area (Å²) in [6.07, 6.45) is 0.183. The number of likely N-dealkylation sites (N-methyl/N-ethyl adjacent to an activating group) is 1. The Kier molecular flexibility index (Phi) is 7.55. The first-order chi connectivity index (χ1) is 13.3. The summed E-state index contributed by atoms with van der Waals surface area (Å²) in [7, 11) is 1.53. The predicted molar refractivity (Wildman–Crippen MR) is 109 cm³/mol. The van der Waals surface area contributed by atoms with Gasteiger partial charge in [0.05, 0.1) is 13.0 Å². The van der Waals surface area contributed by atoms with Crippen molar-refractivity contribution in [1.82, 2.24) is 10.2 Å². The normalized spacial score (nSPS) is 11.9. The molecule has 1 atom stereocenters. The summed E-state index contributed by atoms with van der Waals surface area (Å²) in [5.74, 6) is -1.12. The molecule has 0 aliphatic rings. The lowest BCUT2D eigenvalue weighted by Crippen LogP contribution is -2.51. The van der Waals surface area contributed by atoms with E-state index in [-0.39, 0.29) is 37.3 Å². The Morgan fingerprint density at radius 3 is 2.39 bits per heavy atom. The number of ether oxygens (including phenoxy) is 1. The van der Waals surface area contributed by atoms with Crippen molar-refractivity contribution in [2.24, 2.45) is 5.92 Å². The van der Waals surface area contributed by atoms with Crippen molar-refractivity contribution in [2.45, 2.75) is 33.2 Å². The maximum Gasteiger partial charge on any atom is 0.325 e. The molecule has 1 unspecified atom stereocenters. The molecule has 2 aromatic rings. The van der Waals surface area contributed by atoms with E-state index >= 15 is 0 Å². The highest BCUT2D eigenvalue weighted by atomic mass is 16.5. The summed E-state index contributed by atoms with van der Waals surface area (Å²) < 4.78 is 4.88. The lowest BCUT2D eigenvalue weighted by atomic mass is 10.0. The van der Waals surface area contributed by atoms with E-state index in [2.05, 4.69) is 5.32 Å². The number of nitrogens with zero attached hydrogens (tertiary/aromatic N) is 1. The number of carbonyl (C=O) groups is 3. The van der Waals surface area contributed by atoms with Crippen molar-refractivity contribution in [3.8, 4) is 0 Å². The fourth-order valence-corrected chi connectivity index (χ4v) is 2.99. The lowest BCUT2D eigenvalue weighted by molar-refractivity contribution is -0.149. The van der Waals surface area contributed by atoms with E-state index in [0.717, 1.165) is 16.3 Å². The van der Waals surface area contributed by atoms with Crippen LogP contribution in [0.15, 0.2) is 42.5 Å². The Bertz CT molecular complexity index is 847. The minimum absolute atomic E-state index is 0.113. The average Bonchev–Trinajstić information content (AvgIpc) is 2.65. The third-order valence-electron chi connectivity index (χ3n) is 4.48. The van der Waals surface area contributed by atoms with Gasteiger partial charge in [-0.3, -0.25) is 14.4 Å². The van der Waals surface area contributed by atoms with Crippen molar-refractivity contribution >= 4 is 28.6 Å². The molecule has 0 saturated carbocycles. The molecule has 2 aromatic carbocycles. The van der Waals surface area contributed by atoms with E-state index in [1.165, 1.54) is 11.9 Å². The molecule has 2 amide bonds. The van der Waals surface area contributed by atoms with E-state index in [1.807, 2.05) is 56.3 Å². The van der Waals surface area contributed by atoms with E-state index < -0.39 is 12.0 Å². The van der Waals surface area contributed by atoms with Gasteiger partial charge in [0.2, 0.25) is 11.8 Å². The highest BCUT2D eigenvalue weighted by molar-refractivity contribution is 5.91. The van der Waals surface area contributed by atoms with E-state index in [1.54, 1.807) is 6.92 Å². The van der Waals surface area contributed by atoms with Gasteiger partial charge in [0.25, 0.3) is 0 Å². The molecule has 0 saturated heterocycles. The average molecular weight is 384 g/mol. The first kappa shape index (κ1) is 21.4. The van der Waals surface area contributed by atoms with Gasteiger partial charge >= 0.3 is 5.97 Å². The smallest absolute Gasteiger partial charge is 0.325 e. The molecule has 28 heavy (non-hydrogen) atoms. The van der Waals surface area contributed by atoms with Crippen molar-refractivity contribution in [3.05, 3.63) is 48.0 Å². The van der Waals surface area contributed by atoms with Crippen LogP contribution in [0, 0.1) is 5.92 Å². The molecule has 2 rings (SSSR count). The van der Waals surface area contributed by atoms with Crippen LogP contribution in [0.4, 0.5) is 0 Å². The third-order valence-corrected chi connectivity index (χ3v) is 4.48. The quantitative estimate of drug-likeness (QED) is 0.710. The number of hydrogen-bond donors (Lipinski definition) is 1. The summed E-state index contributed by atoms with van der Waals surface area (Å²) in [5, 5.41) is 5.00. The molecule has 0 heterocycles. The SMILES string of the molecule is CCOC(=O)CN(C)C(=O)C(NC(=O)Cc1ccc2ccccc2c1)C(C)C. The van der Waals surface area contributed by atoms with Crippen molar-refractivity contribution < 1.29 is 19.1 Å². The first-order valence-corrected chi connectivity index (χ1v) is 9.49. The van der Waals surface area contributed by atoms with Crippen LogP contribution >= 0.6 is 0 Å². The van der Waals surface area contributed by atoms with Crippen molar-refractivity contribution in [2.75, 3.05) is 20.2 Å². The van der Waals surface area contributed by atoms with E-state index in [0.29, 0.717) is 0 Å². The number of rotatable bonds is 8. The van der Waals surface area contributed by atoms with Gasteiger partial charge in [-0.15, -0.1) is 0 Å². The Labute approximate surface area is 165 Å². The van der Waals surface area contributed by atoms with Gasteiger partial charge in [0.1, 0.15) is 12.6 Å².